The molecule has 1 aliphatic heterocycles. The zero-order valence-corrected chi connectivity index (χ0v) is 20.4. The number of hydrogen-bond donors (Lipinski definition) is 2. The summed E-state index contributed by atoms with van der Waals surface area (Å²) < 4.78 is 10.6. The van der Waals surface area contributed by atoms with Gasteiger partial charge in [-0.05, 0) is 19.0 Å². The Kier molecular flexibility index (Phi) is 14.3. The summed E-state index contributed by atoms with van der Waals surface area (Å²) in [5, 5.41) is 6.93. The molecule has 1 heterocycles. The Labute approximate surface area is 193 Å². The fourth-order valence-electron chi connectivity index (χ4n) is 3.39. The van der Waals surface area contributed by atoms with Crippen LogP contribution in [0.2, 0.25) is 0 Å². The lowest BCUT2D eigenvalue weighted by Gasteiger charge is -2.35. The van der Waals surface area contributed by atoms with Gasteiger partial charge in [0.05, 0.1) is 19.3 Å². The van der Waals surface area contributed by atoms with Crippen molar-refractivity contribution in [3.05, 3.63) is 35.9 Å². The van der Waals surface area contributed by atoms with E-state index in [-0.39, 0.29) is 24.0 Å². The monoisotopic (exact) mass is 519 g/mol. The molecule has 1 aromatic carbocycles. The summed E-state index contributed by atoms with van der Waals surface area (Å²) in [7, 11) is 5.71. The van der Waals surface area contributed by atoms with Gasteiger partial charge in [0.2, 0.25) is 0 Å². The van der Waals surface area contributed by atoms with Crippen LogP contribution in [-0.4, -0.2) is 96.1 Å². The molecule has 2 rings (SSSR count). The van der Waals surface area contributed by atoms with Crippen molar-refractivity contribution >= 4 is 29.9 Å². The van der Waals surface area contributed by atoms with Crippen LogP contribution < -0.4 is 10.6 Å². The van der Waals surface area contributed by atoms with Crippen molar-refractivity contribution < 1.29 is 9.47 Å². The van der Waals surface area contributed by atoms with Gasteiger partial charge in [0.1, 0.15) is 0 Å². The van der Waals surface area contributed by atoms with E-state index in [4.69, 9.17) is 9.47 Å². The molecule has 0 aliphatic carbocycles. The molecule has 0 spiro atoms. The second-order valence-corrected chi connectivity index (χ2v) is 7.10. The predicted octanol–water partition coefficient (Wildman–Crippen LogP) is 1.81. The summed E-state index contributed by atoms with van der Waals surface area (Å²) in [4.78, 5) is 9.18. The van der Waals surface area contributed by atoms with Gasteiger partial charge >= 0.3 is 0 Å². The summed E-state index contributed by atoms with van der Waals surface area (Å²) in [6.45, 7) is 7.99. The van der Waals surface area contributed by atoms with Crippen molar-refractivity contribution in [3.63, 3.8) is 0 Å². The quantitative estimate of drug-likeness (QED) is 0.201. The number of hydrogen-bond acceptors (Lipinski definition) is 5. The number of nitrogens with zero attached hydrogens (tertiary/aromatic N) is 3. The third kappa shape index (κ3) is 10.1. The lowest BCUT2D eigenvalue weighted by Crippen LogP contribution is -2.47. The molecule has 1 atom stereocenters. The summed E-state index contributed by atoms with van der Waals surface area (Å²) in [6, 6.07) is 11.0. The van der Waals surface area contributed by atoms with E-state index in [0.717, 1.165) is 71.5 Å². The van der Waals surface area contributed by atoms with Crippen LogP contribution in [0.1, 0.15) is 18.0 Å². The number of guanidine groups is 1. The minimum atomic E-state index is 0. The van der Waals surface area contributed by atoms with Gasteiger partial charge in [-0.3, -0.25) is 9.89 Å². The van der Waals surface area contributed by atoms with Gasteiger partial charge in [-0.2, -0.15) is 0 Å². The molecular weight excluding hydrogens is 481 g/mol. The van der Waals surface area contributed by atoms with E-state index in [1.54, 1.807) is 7.11 Å². The molecule has 2 N–H and O–H groups in total. The predicted molar refractivity (Wildman–Crippen MR) is 130 cm³/mol. The van der Waals surface area contributed by atoms with Gasteiger partial charge in [-0.25, -0.2) is 0 Å². The number of rotatable bonds is 11. The number of benzene rings is 1. The Morgan fingerprint density at radius 3 is 2.59 bits per heavy atom. The highest BCUT2D eigenvalue weighted by molar-refractivity contribution is 14.0. The number of nitrogens with one attached hydrogen (secondary N) is 2. The lowest BCUT2D eigenvalue weighted by atomic mass is 10.0. The van der Waals surface area contributed by atoms with E-state index in [9.17, 15) is 0 Å². The number of likely N-dealkylation sites (N-methyl/N-ethyl adjacent to an activating group) is 1. The van der Waals surface area contributed by atoms with Gasteiger partial charge < -0.3 is 25.0 Å². The fourth-order valence-corrected chi connectivity index (χ4v) is 3.39. The average Bonchev–Trinajstić information content (AvgIpc) is 2.74. The molecule has 7 nitrogen and oxygen atoms in total. The second-order valence-electron chi connectivity index (χ2n) is 7.10. The fraction of sp³-hybridized carbons (Fsp3) is 0.667. The van der Waals surface area contributed by atoms with Crippen LogP contribution in [0.25, 0.3) is 0 Å². The smallest absolute Gasteiger partial charge is 0.191 e. The molecule has 166 valence electrons. The molecule has 1 saturated heterocycles. The first kappa shape index (κ1) is 26.1. The highest BCUT2D eigenvalue weighted by Crippen LogP contribution is 2.20. The van der Waals surface area contributed by atoms with Crippen LogP contribution in [0, 0.1) is 0 Å². The Morgan fingerprint density at radius 2 is 1.93 bits per heavy atom. The molecule has 0 bridgehead atoms. The van der Waals surface area contributed by atoms with Crippen molar-refractivity contribution in [2.75, 3.05) is 80.3 Å². The minimum Gasteiger partial charge on any atom is -0.385 e. The van der Waals surface area contributed by atoms with Crippen LogP contribution >= 0.6 is 24.0 Å². The van der Waals surface area contributed by atoms with E-state index in [0.29, 0.717) is 6.04 Å². The molecule has 29 heavy (non-hydrogen) atoms. The Morgan fingerprint density at radius 1 is 1.21 bits per heavy atom. The molecule has 1 unspecified atom stereocenters. The van der Waals surface area contributed by atoms with E-state index in [1.807, 2.05) is 7.05 Å². The molecule has 0 radical (unpaired) electrons. The van der Waals surface area contributed by atoms with Gasteiger partial charge in [-0.15, -0.1) is 24.0 Å². The summed E-state index contributed by atoms with van der Waals surface area (Å²) in [5.74, 6) is 0.847. The van der Waals surface area contributed by atoms with Crippen LogP contribution in [0.4, 0.5) is 0 Å². The average molecular weight is 519 g/mol. The minimum absolute atomic E-state index is 0. The molecule has 0 amide bonds. The molecule has 1 fully saturated rings. The number of halogens is 1. The number of ether oxygens (including phenoxy) is 2. The number of aliphatic imine (C=N–C) groups is 1. The molecule has 0 aromatic heterocycles. The topological polar surface area (TPSA) is 61.4 Å². The first-order valence-electron chi connectivity index (χ1n) is 10.2. The maximum absolute atomic E-state index is 5.53. The van der Waals surface area contributed by atoms with Crippen molar-refractivity contribution in [1.29, 1.82) is 0 Å². The van der Waals surface area contributed by atoms with E-state index in [1.165, 1.54) is 5.56 Å². The van der Waals surface area contributed by atoms with Gasteiger partial charge in [-0.1, -0.05) is 30.3 Å². The molecule has 1 aromatic rings. The first-order valence-corrected chi connectivity index (χ1v) is 10.2. The van der Waals surface area contributed by atoms with Gasteiger partial charge in [0, 0.05) is 60.0 Å². The molecule has 0 saturated carbocycles. The van der Waals surface area contributed by atoms with Gasteiger partial charge in [0.15, 0.2) is 5.96 Å². The van der Waals surface area contributed by atoms with Crippen LogP contribution in [0.3, 0.4) is 0 Å². The Balaban J connectivity index is 0.00000420. The van der Waals surface area contributed by atoms with Gasteiger partial charge in [0.25, 0.3) is 0 Å². The lowest BCUT2D eigenvalue weighted by molar-refractivity contribution is 0.0170. The standard InChI is InChI=1S/C21H37N5O2.HI/c1-22-21(23-10-12-25(2)11-7-15-27-3)24-18-20(19-8-5-4-6-9-19)26-13-16-28-17-14-26;/h4-6,8-9,20H,7,10-18H2,1-3H3,(H2,22,23,24);1H. The molecular formula is C21H38IN5O2. The largest absolute Gasteiger partial charge is 0.385 e. The Hall–Kier alpha value is -0.940. The first-order chi connectivity index (χ1) is 13.7. The van der Waals surface area contributed by atoms with Crippen LogP contribution in [0.5, 0.6) is 0 Å². The van der Waals surface area contributed by atoms with E-state index in [2.05, 4.69) is 62.8 Å². The van der Waals surface area contributed by atoms with E-state index >= 15 is 0 Å². The van der Waals surface area contributed by atoms with Crippen molar-refractivity contribution in [2.45, 2.75) is 12.5 Å². The molecule has 8 heteroatoms. The Bertz CT molecular complexity index is 555. The second kappa shape index (κ2) is 15.8. The number of morpholine rings is 1. The van der Waals surface area contributed by atoms with Crippen LogP contribution in [0.15, 0.2) is 35.3 Å². The van der Waals surface area contributed by atoms with Crippen LogP contribution in [-0.2, 0) is 9.47 Å². The van der Waals surface area contributed by atoms with Crippen molar-refractivity contribution in [2.24, 2.45) is 4.99 Å². The zero-order chi connectivity index (χ0) is 20.0. The highest BCUT2D eigenvalue weighted by atomic mass is 127. The van der Waals surface area contributed by atoms with E-state index < -0.39 is 0 Å². The maximum Gasteiger partial charge on any atom is 0.191 e. The van der Waals surface area contributed by atoms with Crippen molar-refractivity contribution in [3.8, 4) is 0 Å². The number of methoxy groups -OCH3 is 1. The summed E-state index contributed by atoms with van der Waals surface area (Å²) >= 11 is 0. The zero-order valence-electron chi connectivity index (χ0n) is 18.1. The third-order valence-electron chi connectivity index (χ3n) is 5.03. The van der Waals surface area contributed by atoms with Crippen molar-refractivity contribution in [1.82, 2.24) is 20.4 Å². The molecule has 1 aliphatic rings. The summed E-state index contributed by atoms with van der Waals surface area (Å²) in [6.07, 6.45) is 1.05. The SMILES string of the molecule is CN=C(NCCN(C)CCCOC)NCC(c1ccccc1)N1CCOCC1.I. The third-order valence-corrected chi connectivity index (χ3v) is 5.03. The highest BCUT2D eigenvalue weighted by Gasteiger charge is 2.22. The maximum atomic E-state index is 5.53. The summed E-state index contributed by atoms with van der Waals surface area (Å²) in [5.41, 5.74) is 1.32. The normalized spacial score (nSPS) is 16.3.